The highest BCUT2D eigenvalue weighted by Gasteiger charge is 2.14. The molecule has 0 aliphatic carbocycles. The van der Waals surface area contributed by atoms with Crippen molar-refractivity contribution in [1.29, 1.82) is 0 Å². The number of halogens is 1. The van der Waals surface area contributed by atoms with Crippen LogP contribution in [0.15, 0.2) is 65.7 Å². The lowest BCUT2D eigenvalue weighted by Gasteiger charge is -2.07. The predicted octanol–water partition coefficient (Wildman–Crippen LogP) is 1.81. The lowest BCUT2D eigenvalue weighted by molar-refractivity contribution is -0.116. The summed E-state index contributed by atoms with van der Waals surface area (Å²) in [6, 6.07) is 15.0. The van der Waals surface area contributed by atoms with E-state index in [2.05, 4.69) is 20.6 Å². The number of aromatic nitrogens is 5. The van der Waals surface area contributed by atoms with E-state index in [1.165, 1.54) is 35.3 Å². The molecule has 0 fully saturated rings. The number of nitrogens with zero attached hydrogens (tertiary/aromatic N) is 5. The van der Waals surface area contributed by atoms with E-state index < -0.39 is 17.3 Å². The van der Waals surface area contributed by atoms with Gasteiger partial charge in [-0.05, 0) is 29.8 Å². The average Bonchev–Trinajstić information content (AvgIpc) is 3.10. The van der Waals surface area contributed by atoms with Crippen LogP contribution in [-0.2, 0) is 17.9 Å². The van der Waals surface area contributed by atoms with E-state index in [0.717, 1.165) is 10.1 Å². The first kappa shape index (κ1) is 17.5. The monoisotopic (exact) mass is 378 g/mol. The zero-order chi connectivity index (χ0) is 19.5. The molecule has 2 aromatic heterocycles. The number of hydrogen-bond donors (Lipinski definition) is 1. The molecule has 1 amide bonds. The van der Waals surface area contributed by atoms with Gasteiger partial charge in [0.15, 0.2) is 11.2 Å². The number of nitrogens with one attached hydrogen (secondary N) is 1. The fourth-order valence-corrected chi connectivity index (χ4v) is 2.75. The van der Waals surface area contributed by atoms with E-state index in [4.69, 9.17) is 0 Å². The molecule has 8 nitrogen and oxygen atoms in total. The Morgan fingerprint density at radius 1 is 1.07 bits per heavy atom. The third-order valence-electron chi connectivity index (χ3n) is 4.11. The van der Waals surface area contributed by atoms with Crippen LogP contribution >= 0.6 is 0 Å². The molecule has 9 heteroatoms. The summed E-state index contributed by atoms with van der Waals surface area (Å²) < 4.78 is 15.6. The minimum Gasteiger partial charge on any atom is -0.325 e. The number of fused-ring (bicyclic) bond motifs is 1. The van der Waals surface area contributed by atoms with Crippen molar-refractivity contribution in [3.8, 4) is 0 Å². The lowest BCUT2D eigenvalue weighted by atomic mass is 10.2. The van der Waals surface area contributed by atoms with Crippen molar-refractivity contribution < 1.29 is 9.18 Å². The first-order valence-corrected chi connectivity index (χ1v) is 8.48. The SMILES string of the molecule is O=C(Cn1cnc2c(nnn2Cc2ccccc2)c1=O)Nc1ccc(F)cc1. The van der Waals surface area contributed by atoms with Crippen LogP contribution in [0.25, 0.3) is 11.2 Å². The highest BCUT2D eigenvalue weighted by molar-refractivity contribution is 5.90. The van der Waals surface area contributed by atoms with Gasteiger partial charge in [-0.3, -0.25) is 14.2 Å². The minimum absolute atomic E-state index is 0.0908. The largest absolute Gasteiger partial charge is 0.325 e. The van der Waals surface area contributed by atoms with Gasteiger partial charge in [0.05, 0.1) is 6.54 Å². The zero-order valence-electron chi connectivity index (χ0n) is 14.6. The number of anilines is 1. The summed E-state index contributed by atoms with van der Waals surface area (Å²) in [6.07, 6.45) is 1.29. The Balaban J connectivity index is 1.54. The van der Waals surface area contributed by atoms with Gasteiger partial charge in [0.1, 0.15) is 18.7 Å². The molecule has 0 atom stereocenters. The molecule has 1 N–H and O–H groups in total. The number of rotatable bonds is 5. The Kier molecular flexibility index (Phi) is 4.63. The van der Waals surface area contributed by atoms with Gasteiger partial charge < -0.3 is 5.32 Å². The van der Waals surface area contributed by atoms with Gasteiger partial charge in [-0.15, -0.1) is 5.10 Å². The maximum Gasteiger partial charge on any atom is 0.283 e. The molecule has 0 saturated heterocycles. The van der Waals surface area contributed by atoms with E-state index in [9.17, 15) is 14.0 Å². The van der Waals surface area contributed by atoms with Crippen LogP contribution in [0.5, 0.6) is 0 Å². The predicted molar refractivity (Wildman–Crippen MR) is 100 cm³/mol. The first-order valence-electron chi connectivity index (χ1n) is 8.48. The molecule has 2 aromatic carbocycles. The van der Waals surface area contributed by atoms with Crippen LogP contribution in [-0.4, -0.2) is 30.5 Å². The number of amides is 1. The van der Waals surface area contributed by atoms with Crippen LogP contribution in [0.2, 0.25) is 0 Å². The van der Waals surface area contributed by atoms with Crippen LogP contribution in [0.4, 0.5) is 10.1 Å². The second kappa shape index (κ2) is 7.39. The fourth-order valence-electron chi connectivity index (χ4n) is 2.75. The number of carbonyl (C=O) groups is 1. The summed E-state index contributed by atoms with van der Waals surface area (Å²) >= 11 is 0. The summed E-state index contributed by atoms with van der Waals surface area (Å²) in [5.41, 5.74) is 1.41. The normalized spacial score (nSPS) is 10.9. The maximum atomic E-state index is 12.9. The van der Waals surface area contributed by atoms with Crippen LogP contribution in [0, 0.1) is 5.82 Å². The molecule has 0 spiro atoms. The van der Waals surface area contributed by atoms with E-state index >= 15 is 0 Å². The summed E-state index contributed by atoms with van der Waals surface area (Å²) in [5, 5.41) is 10.5. The first-order chi connectivity index (χ1) is 13.6. The van der Waals surface area contributed by atoms with Crippen molar-refractivity contribution >= 4 is 22.8 Å². The lowest BCUT2D eigenvalue weighted by Crippen LogP contribution is -2.28. The molecule has 0 aliphatic heterocycles. The Bertz CT molecular complexity index is 1180. The van der Waals surface area contributed by atoms with Gasteiger partial charge in [0.25, 0.3) is 5.56 Å². The molecule has 2 heterocycles. The maximum absolute atomic E-state index is 12.9. The standard InChI is InChI=1S/C19H15FN6O2/c20-14-6-8-15(9-7-14)22-16(27)11-25-12-21-18-17(19(25)28)23-24-26(18)10-13-4-2-1-3-5-13/h1-9,12H,10-11H2,(H,22,27). The van der Waals surface area contributed by atoms with Gasteiger partial charge >= 0.3 is 0 Å². The third-order valence-corrected chi connectivity index (χ3v) is 4.11. The highest BCUT2D eigenvalue weighted by atomic mass is 19.1. The molecule has 0 bridgehead atoms. The Hall–Kier alpha value is -3.88. The summed E-state index contributed by atoms with van der Waals surface area (Å²) in [4.78, 5) is 29.0. The zero-order valence-corrected chi connectivity index (χ0v) is 14.6. The Morgan fingerprint density at radius 3 is 2.57 bits per heavy atom. The van der Waals surface area contributed by atoms with Crippen molar-refractivity contribution in [1.82, 2.24) is 24.5 Å². The fraction of sp³-hybridized carbons (Fsp3) is 0.105. The molecule has 4 aromatic rings. The van der Waals surface area contributed by atoms with E-state index in [0.29, 0.717) is 17.9 Å². The van der Waals surface area contributed by atoms with Crippen molar-refractivity contribution in [3.63, 3.8) is 0 Å². The summed E-state index contributed by atoms with van der Waals surface area (Å²) in [5.74, 6) is -0.839. The van der Waals surface area contributed by atoms with Crippen molar-refractivity contribution in [2.75, 3.05) is 5.32 Å². The third kappa shape index (κ3) is 3.63. The summed E-state index contributed by atoms with van der Waals surface area (Å²) in [7, 11) is 0. The summed E-state index contributed by atoms with van der Waals surface area (Å²) in [6.45, 7) is 0.184. The Morgan fingerprint density at radius 2 is 1.82 bits per heavy atom. The van der Waals surface area contributed by atoms with Gasteiger partial charge in [-0.25, -0.2) is 14.1 Å². The Labute approximate surface area is 158 Å². The van der Waals surface area contributed by atoms with Crippen molar-refractivity contribution in [2.24, 2.45) is 0 Å². The van der Waals surface area contributed by atoms with Gasteiger partial charge in [-0.2, -0.15) is 0 Å². The van der Waals surface area contributed by atoms with Crippen LogP contribution in [0.3, 0.4) is 0 Å². The molecule has 0 saturated carbocycles. The molecule has 28 heavy (non-hydrogen) atoms. The van der Waals surface area contributed by atoms with E-state index in [1.807, 2.05) is 30.3 Å². The molecule has 0 unspecified atom stereocenters. The second-order valence-electron chi connectivity index (χ2n) is 6.14. The minimum atomic E-state index is -0.460. The molecule has 0 aliphatic rings. The highest BCUT2D eigenvalue weighted by Crippen LogP contribution is 2.09. The van der Waals surface area contributed by atoms with E-state index in [-0.39, 0.29) is 12.1 Å². The average molecular weight is 378 g/mol. The van der Waals surface area contributed by atoms with E-state index in [1.54, 1.807) is 0 Å². The molecule has 140 valence electrons. The van der Waals surface area contributed by atoms with Crippen molar-refractivity contribution in [2.45, 2.75) is 13.1 Å². The van der Waals surface area contributed by atoms with Gasteiger partial charge in [-0.1, -0.05) is 35.5 Å². The second-order valence-corrected chi connectivity index (χ2v) is 6.14. The number of benzene rings is 2. The van der Waals surface area contributed by atoms with Crippen LogP contribution in [0.1, 0.15) is 5.56 Å². The molecule has 0 radical (unpaired) electrons. The van der Waals surface area contributed by atoms with Gasteiger partial charge in [0, 0.05) is 5.69 Å². The van der Waals surface area contributed by atoms with Gasteiger partial charge in [0.2, 0.25) is 5.91 Å². The topological polar surface area (TPSA) is 94.7 Å². The number of hydrogen-bond acceptors (Lipinski definition) is 5. The quantitative estimate of drug-likeness (QED) is 0.572. The molecule has 4 rings (SSSR count). The molecular formula is C19H15FN6O2. The van der Waals surface area contributed by atoms with Crippen molar-refractivity contribution in [3.05, 3.63) is 82.7 Å². The van der Waals surface area contributed by atoms with Crippen LogP contribution < -0.4 is 10.9 Å². The molecular weight excluding hydrogens is 363 g/mol. The smallest absolute Gasteiger partial charge is 0.283 e. The number of carbonyl (C=O) groups excluding carboxylic acids is 1.